The maximum Gasteiger partial charge on any atom is 0.410 e. The fourth-order valence-electron chi connectivity index (χ4n) is 5.26. The molecule has 0 aromatic rings. The minimum Gasteiger partial charge on any atom is -0.444 e. The van der Waals surface area contributed by atoms with E-state index in [4.69, 9.17) is 4.74 Å². The third kappa shape index (κ3) is 10.3. The van der Waals surface area contributed by atoms with Crippen molar-refractivity contribution in [1.82, 2.24) is 29.8 Å². The van der Waals surface area contributed by atoms with Crippen molar-refractivity contribution in [3.63, 3.8) is 0 Å². The Morgan fingerprint density at radius 2 is 1.23 bits per heavy atom. The van der Waals surface area contributed by atoms with E-state index in [0.717, 1.165) is 78.3 Å². The summed E-state index contributed by atoms with van der Waals surface area (Å²) < 4.78 is 5.38. The molecule has 4 heterocycles. The second-order valence-corrected chi connectivity index (χ2v) is 12.3. The third-order valence-electron chi connectivity index (χ3n) is 8.08. The zero-order chi connectivity index (χ0) is 28.4. The van der Waals surface area contributed by atoms with E-state index in [1.165, 1.54) is 32.2 Å². The fraction of sp³-hybridized carbons (Fsp3) is 0.897. The summed E-state index contributed by atoms with van der Waals surface area (Å²) in [5.74, 6) is 0.402. The number of ether oxygens (including phenoxy) is 1. The number of likely N-dealkylation sites (tertiary alicyclic amines) is 1. The van der Waals surface area contributed by atoms with Gasteiger partial charge in [0.05, 0.1) is 6.04 Å². The first kappa shape index (κ1) is 34.6. The molecular formula is C29H55ClN6O4. The van der Waals surface area contributed by atoms with Crippen molar-refractivity contribution in [1.29, 1.82) is 0 Å². The highest BCUT2D eigenvalue weighted by atomic mass is 35.5. The zero-order valence-electron chi connectivity index (χ0n) is 25.7. The Kier molecular flexibility index (Phi) is 14.5. The molecule has 4 rings (SSSR count). The molecule has 40 heavy (non-hydrogen) atoms. The third-order valence-corrected chi connectivity index (χ3v) is 8.08. The number of unbranched alkanes of at least 4 members (excludes halogenated alkanes) is 2. The molecule has 2 atom stereocenters. The van der Waals surface area contributed by atoms with Crippen molar-refractivity contribution in [2.24, 2.45) is 0 Å². The van der Waals surface area contributed by atoms with Gasteiger partial charge in [0.1, 0.15) is 11.6 Å². The lowest BCUT2D eigenvalue weighted by Crippen LogP contribution is -2.62. The van der Waals surface area contributed by atoms with Gasteiger partial charge in [-0.15, -0.1) is 12.4 Å². The van der Waals surface area contributed by atoms with Gasteiger partial charge in [-0.1, -0.05) is 26.7 Å². The number of amides is 3. The molecule has 4 aliphatic rings. The SMILES string of the molecule is CCCCN1CCN(C(=O)[C@@H]2CCN2)CC1.CCCCN1CCN(C(=O)[C@@H]2CCN2C(=O)OC(C)(C)C)CC1.Cl. The van der Waals surface area contributed by atoms with E-state index in [1.54, 1.807) is 4.90 Å². The molecule has 0 aromatic heterocycles. The Morgan fingerprint density at radius 3 is 1.57 bits per heavy atom. The van der Waals surface area contributed by atoms with Gasteiger partial charge >= 0.3 is 6.09 Å². The Morgan fingerprint density at radius 1 is 0.750 bits per heavy atom. The first-order valence-corrected chi connectivity index (χ1v) is 15.4. The maximum absolute atomic E-state index is 12.6. The Bertz CT molecular complexity index is 790. The van der Waals surface area contributed by atoms with Crippen LogP contribution in [0.15, 0.2) is 0 Å². The number of carbonyl (C=O) groups excluding carboxylic acids is 3. The predicted octanol–water partition coefficient (Wildman–Crippen LogP) is 2.65. The van der Waals surface area contributed by atoms with Gasteiger partial charge in [-0.25, -0.2) is 4.79 Å². The van der Waals surface area contributed by atoms with Gasteiger partial charge in [0.25, 0.3) is 0 Å². The summed E-state index contributed by atoms with van der Waals surface area (Å²) in [5.41, 5.74) is -0.523. The molecule has 11 heteroatoms. The molecule has 3 amide bonds. The molecule has 232 valence electrons. The molecule has 4 fully saturated rings. The number of nitrogens with zero attached hydrogens (tertiary/aromatic N) is 5. The minimum atomic E-state index is -0.523. The van der Waals surface area contributed by atoms with E-state index >= 15 is 0 Å². The van der Waals surface area contributed by atoms with Crippen LogP contribution in [0.1, 0.15) is 73.1 Å². The molecular weight excluding hydrogens is 532 g/mol. The van der Waals surface area contributed by atoms with Crippen LogP contribution in [0.4, 0.5) is 4.79 Å². The molecule has 4 aliphatic heterocycles. The maximum atomic E-state index is 12.6. The largest absolute Gasteiger partial charge is 0.444 e. The van der Waals surface area contributed by atoms with Gasteiger partial charge < -0.3 is 19.9 Å². The summed E-state index contributed by atoms with van der Waals surface area (Å²) in [6.07, 6.45) is 6.34. The number of hydrogen-bond donors (Lipinski definition) is 1. The molecule has 0 radical (unpaired) electrons. The van der Waals surface area contributed by atoms with E-state index in [-0.39, 0.29) is 36.5 Å². The highest BCUT2D eigenvalue weighted by Gasteiger charge is 2.42. The van der Waals surface area contributed by atoms with Gasteiger partial charge in [0.15, 0.2) is 0 Å². The molecule has 4 saturated heterocycles. The summed E-state index contributed by atoms with van der Waals surface area (Å²) in [5, 5.41) is 3.18. The predicted molar refractivity (Wildman–Crippen MR) is 161 cm³/mol. The smallest absolute Gasteiger partial charge is 0.410 e. The molecule has 1 N–H and O–H groups in total. The van der Waals surface area contributed by atoms with Crippen molar-refractivity contribution in [3.05, 3.63) is 0 Å². The Hall–Kier alpha value is -1.62. The molecule has 0 bridgehead atoms. The van der Waals surface area contributed by atoms with Gasteiger partial charge in [-0.2, -0.15) is 0 Å². The summed E-state index contributed by atoms with van der Waals surface area (Å²) in [6, 6.07) is -0.200. The van der Waals surface area contributed by atoms with Crippen LogP contribution in [0.25, 0.3) is 0 Å². The van der Waals surface area contributed by atoms with E-state index < -0.39 is 5.60 Å². The molecule has 10 nitrogen and oxygen atoms in total. The summed E-state index contributed by atoms with van der Waals surface area (Å²) in [7, 11) is 0. The Balaban J connectivity index is 0.000000290. The van der Waals surface area contributed by atoms with Crippen LogP contribution < -0.4 is 5.32 Å². The van der Waals surface area contributed by atoms with Crippen molar-refractivity contribution >= 4 is 30.3 Å². The molecule has 0 aromatic carbocycles. The van der Waals surface area contributed by atoms with Crippen LogP contribution in [-0.4, -0.2) is 139 Å². The van der Waals surface area contributed by atoms with E-state index in [1.807, 2.05) is 30.6 Å². The second kappa shape index (κ2) is 16.7. The first-order valence-electron chi connectivity index (χ1n) is 15.4. The molecule has 0 saturated carbocycles. The number of nitrogens with one attached hydrogen (secondary N) is 1. The highest BCUT2D eigenvalue weighted by molar-refractivity contribution is 5.87. The number of piperazine rings is 2. The standard InChI is InChI=1S/C17H31N3O3.C12H23N3O.ClH/c1-5-6-8-18-10-12-19(13-11-18)15(21)14-7-9-20(14)16(22)23-17(2,3)4;1-2-3-6-14-7-9-15(10-8-14)12(16)11-4-5-13-11;/h14H,5-13H2,1-4H3;11,13H,2-10H2,1H3;1H/t14-;11-;/m00./s1. The van der Waals surface area contributed by atoms with E-state index in [0.29, 0.717) is 12.5 Å². The normalized spacial score (nSPS) is 23.7. The molecule has 0 aliphatic carbocycles. The van der Waals surface area contributed by atoms with Gasteiger partial charge in [0, 0.05) is 58.9 Å². The van der Waals surface area contributed by atoms with Gasteiger partial charge in [-0.3, -0.25) is 24.3 Å². The number of carbonyl (C=O) groups is 3. The summed E-state index contributed by atoms with van der Waals surface area (Å²) in [6.45, 7) is 21.2. The first-order chi connectivity index (χ1) is 18.6. The number of rotatable bonds is 8. The van der Waals surface area contributed by atoms with Crippen molar-refractivity contribution < 1.29 is 19.1 Å². The average Bonchev–Trinajstić information content (AvgIpc) is 2.84. The number of halogens is 1. The van der Waals surface area contributed by atoms with Crippen LogP contribution in [0, 0.1) is 0 Å². The van der Waals surface area contributed by atoms with Gasteiger partial charge in [-0.05, 0) is 66.1 Å². The summed E-state index contributed by atoms with van der Waals surface area (Å²) >= 11 is 0. The average molecular weight is 587 g/mol. The van der Waals surface area contributed by atoms with Crippen LogP contribution in [0.3, 0.4) is 0 Å². The lowest BCUT2D eigenvalue weighted by atomic mass is 10.0. The zero-order valence-corrected chi connectivity index (χ0v) is 26.5. The summed E-state index contributed by atoms with van der Waals surface area (Å²) in [4.78, 5) is 47.1. The fourth-order valence-corrected chi connectivity index (χ4v) is 5.26. The minimum absolute atomic E-state index is 0. The Labute approximate surface area is 248 Å². The van der Waals surface area contributed by atoms with Gasteiger partial charge in [0.2, 0.25) is 11.8 Å². The highest BCUT2D eigenvalue weighted by Crippen LogP contribution is 2.23. The molecule has 0 unspecified atom stereocenters. The topological polar surface area (TPSA) is 88.7 Å². The second-order valence-electron chi connectivity index (χ2n) is 12.3. The lowest BCUT2D eigenvalue weighted by Gasteiger charge is -2.44. The van der Waals surface area contributed by atoms with Crippen LogP contribution in [0.2, 0.25) is 0 Å². The van der Waals surface area contributed by atoms with E-state index in [9.17, 15) is 14.4 Å². The monoisotopic (exact) mass is 586 g/mol. The van der Waals surface area contributed by atoms with Crippen molar-refractivity contribution in [2.45, 2.75) is 90.8 Å². The van der Waals surface area contributed by atoms with Crippen LogP contribution in [0.5, 0.6) is 0 Å². The van der Waals surface area contributed by atoms with Crippen LogP contribution >= 0.6 is 12.4 Å². The lowest BCUT2D eigenvalue weighted by molar-refractivity contribution is -0.143. The van der Waals surface area contributed by atoms with Crippen molar-refractivity contribution in [3.8, 4) is 0 Å². The van der Waals surface area contributed by atoms with E-state index in [2.05, 4.69) is 29.0 Å². The quantitative estimate of drug-likeness (QED) is 0.468. The van der Waals surface area contributed by atoms with Crippen molar-refractivity contribution in [2.75, 3.05) is 78.5 Å². The number of hydrogen-bond acceptors (Lipinski definition) is 7. The van der Waals surface area contributed by atoms with Crippen LogP contribution in [-0.2, 0) is 14.3 Å². The molecule has 0 spiro atoms.